The highest BCUT2D eigenvalue weighted by Gasteiger charge is 2.45. The molecule has 144 valence electrons. The van der Waals surface area contributed by atoms with E-state index < -0.39 is 17.5 Å². The smallest absolute Gasteiger partial charge is 0.323 e. The van der Waals surface area contributed by atoms with Gasteiger partial charge in [0, 0.05) is 18.0 Å². The molecule has 0 aliphatic carbocycles. The Morgan fingerprint density at radius 2 is 2.10 bits per heavy atom. The number of carbonyl (C=O) groups is 2. The molecule has 1 fully saturated rings. The summed E-state index contributed by atoms with van der Waals surface area (Å²) in [5, 5.41) is 5.03. The summed E-state index contributed by atoms with van der Waals surface area (Å²) in [6.45, 7) is -0.211. The van der Waals surface area contributed by atoms with Crippen LogP contribution in [0.15, 0.2) is 53.8 Å². The van der Waals surface area contributed by atoms with Crippen molar-refractivity contribution < 1.29 is 14.3 Å². The number of imide groups is 1. The maximum absolute atomic E-state index is 13.0. The maximum Gasteiger partial charge on any atom is 0.323 e. The Kier molecular flexibility index (Phi) is 4.44. The standard InChI is InChI=1S/C20H15N5O4/c1-29-14-4-5-16-15(9-14)17(26)25(12-22-16)11-20(18(27)23-19(28)24-20)7-6-13-3-2-8-21-10-13/h2-5,8-10,12H,11H2,1H3,(H2,23,24,27,28)/t20-/m0/s1. The number of benzene rings is 1. The predicted molar refractivity (Wildman–Crippen MR) is 103 cm³/mol. The first-order valence-electron chi connectivity index (χ1n) is 8.61. The van der Waals surface area contributed by atoms with Crippen molar-refractivity contribution in [1.82, 2.24) is 25.2 Å². The molecule has 1 aliphatic rings. The van der Waals surface area contributed by atoms with Crippen LogP contribution in [-0.2, 0) is 11.3 Å². The molecule has 2 aromatic heterocycles. The van der Waals surface area contributed by atoms with Crippen molar-refractivity contribution in [3.05, 3.63) is 65.0 Å². The van der Waals surface area contributed by atoms with Gasteiger partial charge in [0.25, 0.3) is 11.5 Å². The van der Waals surface area contributed by atoms with Crippen molar-refractivity contribution in [2.75, 3.05) is 7.11 Å². The number of urea groups is 1. The third-order valence-corrected chi connectivity index (χ3v) is 4.46. The lowest BCUT2D eigenvalue weighted by atomic mass is 10.00. The molecule has 3 aromatic rings. The van der Waals surface area contributed by atoms with E-state index in [1.807, 2.05) is 0 Å². The molecule has 0 unspecified atom stereocenters. The Labute approximate surface area is 164 Å². The molecule has 4 rings (SSSR count). The number of pyridine rings is 1. The number of nitrogens with zero attached hydrogens (tertiary/aromatic N) is 3. The molecule has 1 atom stereocenters. The van der Waals surface area contributed by atoms with E-state index in [9.17, 15) is 14.4 Å². The summed E-state index contributed by atoms with van der Waals surface area (Å²) in [4.78, 5) is 45.5. The summed E-state index contributed by atoms with van der Waals surface area (Å²) >= 11 is 0. The molecule has 0 saturated carbocycles. The minimum Gasteiger partial charge on any atom is -0.497 e. The Hall–Kier alpha value is -4.19. The molecule has 29 heavy (non-hydrogen) atoms. The number of rotatable bonds is 3. The summed E-state index contributed by atoms with van der Waals surface area (Å²) in [5.74, 6) is 5.49. The average Bonchev–Trinajstić information content (AvgIpc) is 3.02. The Morgan fingerprint density at radius 1 is 1.24 bits per heavy atom. The number of amides is 3. The first-order chi connectivity index (χ1) is 14.0. The van der Waals surface area contributed by atoms with Gasteiger partial charge >= 0.3 is 6.03 Å². The number of carbonyl (C=O) groups excluding carboxylic acids is 2. The summed E-state index contributed by atoms with van der Waals surface area (Å²) in [6.07, 6.45) is 4.45. The average molecular weight is 389 g/mol. The lowest BCUT2D eigenvalue weighted by Crippen LogP contribution is -2.50. The minimum absolute atomic E-state index is 0.211. The van der Waals surface area contributed by atoms with Gasteiger partial charge in [0.15, 0.2) is 0 Å². The van der Waals surface area contributed by atoms with Gasteiger partial charge in [-0.25, -0.2) is 9.78 Å². The van der Waals surface area contributed by atoms with Gasteiger partial charge in [-0.05, 0) is 30.3 Å². The number of fused-ring (bicyclic) bond motifs is 1. The second kappa shape index (κ2) is 7.09. The molecule has 9 heteroatoms. The van der Waals surface area contributed by atoms with E-state index in [1.165, 1.54) is 24.2 Å². The molecular weight excluding hydrogens is 374 g/mol. The van der Waals surface area contributed by atoms with Gasteiger partial charge in [-0.3, -0.25) is 24.5 Å². The van der Waals surface area contributed by atoms with E-state index in [0.29, 0.717) is 22.2 Å². The van der Waals surface area contributed by atoms with Crippen LogP contribution in [-0.4, -0.2) is 39.1 Å². The highest BCUT2D eigenvalue weighted by molar-refractivity contribution is 6.09. The Morgan fingerprint density at radius 3 is 2.79 bits per heavy atom. The van der Waals surface area contributed by atoms with E-state index in [2.05, 4.69) is 32.4 Å². The molecular formula is C20H15N5O4. The van der Waals surface area contributed by atoms with E-state index >= 15 is 0 Å². The van der Waals surface area contributed by atoms with E-state index in [4.69, 9.17) is 4.74 Å². The van der Waals surface area contributed by atoms with Gasteiger partial charge in [-0.2, -0.15) is 0 Å². The lowest BCUT2D eigenvalue weighted by Gasteiger charge is -2.20. The third kappa shape index (κ3) is 3.39. The summed E-state index contributed by atoms with van der Waals surface area (Å²) in [6, 6.07) is 7.68. The molecule has 3 amide bonds. The lowest BCUT2D eigenvalue weighted by molar-refractivity contribution is -0.122. The van der Waals surface area contributed by atoms with Crippen molar-refractivity contribution in [1.29, 1.82) is 0 Å². The molecule has 0 spiro atoms. The van der Waals surface area contributed by atoms with Crippen LogP contribution in [0.5, 0.6) is 5.75 Å². The van der Waals surface area contributed by atoms with Crippen molar-refractivity contribution in [2.24, 2.45) is 0 Å². The van der Waals surface area contributed by atoms with E-state index in [-0.39, 0.29) is 12.1 Å². The third-order valence-electron chi connectivity index (χ3n) is 4.46. The van der Waals surface area contributed by atoms with Crippen LogP contribution in [0.1, 0.15) is 5.56 Å². The first-order valence-corrected chi connectivity index (χ1v) is 8.61. The molecule has 1 saturated heterocycles. The number of aromatic nitrogens is 3. The maximum atomic E-state index is 13.0. The molecule has 3 heterocycles. The van der Waals surface area contributed by atoms with Gasteiger partial charge < -0.3 is 10.1 Å². The predicted octanol–water partition coefficient (Wildman–Crippen LogP) is 0.430. The molecule has 0 radical (unpaired) electrons. The topological polar surface area (TPSA) is 115 Å². The van der Waals surface area contributed by atoms with Crippen LogP contribution in [0, 0.1) is 11.8 Å². The number of methoxy groups -OCH3 is 1. The van der Waals surface area contributed by atoms with Crippen molar-refractivity contribution in [3.8, 4) is 17.6 Å². The molecule has 2 N–H and O–H groups in total. The largest absolute Gasteiger partial charge is 0.497 e. The van der Waals surface area contributed by atoms with Crippen LogP contribution >= 0.6 is 0 Å². The summed E-state index contributed by atoms with van der Waals surface area (Å²) < 4.78 is 6.40. The van der Waals surface area contributed by atoms with E-state index in [0.717, 1.165) is 0 Å². The number of ether oxygens (including phenoxy) is 1. The van der Waals surface area contributed by atoms with Gasteiger partial charge in [-0.15, -0.1) is 0 Å². The zero-order valence-corrected chi connectivity index (χ0v) is 15.3. The number of hydrogen-bond acceptors (Lipinski definition) is 6. The Bertz CT molecular complexity index is 1240. The molecule has 1 aliphatic heterocycles. The highest BCUT2D eigenvalue weighted by Crippen LogP contribution is 2.17. The summed E-state index contributed by atoms with van der Waals surface area (Å²) in [5.41, 5.74) is -0.951. The molecule has 1 aromatic carbocycles. The van der Waals surface area contributed by atoms with Crippen molar-refractivity contribution >= 4 is 22.8 Å². The van der Waals surface area contributed by atoms with Gasteiger partial charge in [0.1, 0.15) is 5.75 Å². The second-order valence-electron chi connectivity index (χ2n) is 6.37. The summed E-state index contributed by atoms with van der Waals surface area (Å²) in [7, 11) is 1.50. The minimum atomic E-state index is -1.62. The van der Waals surface area contributed by atoms with Gasteiger partial charge in [-0.1, -0.05) is 11.8 Å². The Balaban J connectivity index is 1.79. The normalized spacial score (nSPS) is 18.0. The van der Waals surface area contributed by atoms with Crippen LogP contribution < -0.4 is 20.9 Å². The van der Waals surface area contributed by atoms with Crippen LogP contribution in [0.25, 0.3) is 10.9 Å². The fraction of sp³-hybridized carbons (Fsp3) is 0.150. The van der Waals surface area contributed by atoms with Gasteiger partial charge in [0.2, 0.25) is 5.54 Å². The van der Waals surface area contributed by atoms with Crippen molar-refractivity contribution in [2.45, 2.75) is 12.1 Å². The van der Waals surface area contributed by atoms with E-state index in [1.54, 1.807) is 36.5 Å². The monoisotopic (exact) mass is 389 g/mol. The number of nitrogens with one attached hydrogen (secondary N) is 2. The second-order valence-corrected chi connectivity index (χ2v) is 6.37. The first kappa shape index (κ1) is 18.2. The highest BCUT2D eigenvalue weighted by atomic mass is 16.5. The molecule has 0 bridgehead atoms. The number of hydrogen-bond donors (Lipinski definition) is 2. The fourth-order valence-corrected chi connectivity index (χ4v) is 2.98. The zero-order chi connectivity index (χ0) is 20.4. The van der Waals surface area contributed by atoms with Crippen LogP contribution in [0.4, 0.5) is 4.79 Å². The van der Waals surface area contributed by atoms with Crippen LogP contribution in [0.2, 0.25) is 0 Å². The van der Waals surface area contributed by atoms with Crippen LogP contribution in [0.3, 0.4) is 0 Å². The quantitative estimate of drug-likeness (QED) is 0.496. The zero-order valence-electron chi connectivity index (χ0n) is 15.3. The van der Waals surface area contributed by atoms with Gasteiger partial charge in [0.05, 0.1) is 30.9 Å². The van der Waals surface area contributed by atoms with Crippen molar-refractivity contribution in [3.63, 3.8) is 0 Å². The SMILES string of the molecule is COc1ccc2ncn(C[C@]3(C#Cc4cccnc4)NC(=O)NC3=O)c(=O)c2c1. The fourth-order valence-electron chi connectivity index (χ4n) is 2.98. The molecule has 9 nitrogen and oxygen atoms in total.